The third kappa shape index (κ3) is 3.58. The van der Waals surface area contributed by atoms with Gasteiger partial charge in [0.25, 0.3) is 0 Å². The molecule has 0 radical (unpaired) electrons. The highest BCUT2D eigenvalue weighted by molar-refractivity contribution is 5.33. The molecular weight excluding hydrogens is 290 g/mol. The topological polar surface area (TPSA) is 27.7 Å². The minimum absolute atomic E-state index is 0.0173. The van der Waals surface area contributed by atoms with Gasteiger partial charge < -0.3 is 14.2 Å². The number of ether oxygens (including phenoxy) is 3. The van der Waals surface area contributed by atoms with E-state index in [1.165, 1.54) is 6.07 Å². The molecular formula is C17H24F2O3. The van der Waals surface area contributed by atoms with Crippen molar-refractivity contribution in [3.05, 3.63) is 29.3 Å². The van der Waals surface area contributed by atoms with E-state index in [0.29, 0.717) is 18.1 Å². The average Bonchev–Trinajstić information content (AvgIpc) is 2.54. The molecule has 0 spiro atoms. The smallest absolute Gasteiger partial charge is 0.200 e. The van der Waals surface area contributed by atoms with E-state index >= 15 is 0 Å². The molecule has 1 fully saturated rings. The second-order valence-electron chi connectivity index (χ2n) is 5.67. The van der Waals surface area contributed by atoms with E-state index in [4.69, 9.17) is 14.2 Å². The van der Waals surface area contributed by atoms with Crippen molar-refractivity contribution in [2.45, 2.75) is 44.8 Å². The molecule has 0 aliphatic heterocycles. The largest absolute Gasteiger partial charge is 0.491 e. The summed E-state index contributed by atoms with van der Waals surface area (Å²) in [6.45, 7) is 2.06. The Balaban J connectivity index is 2.07. The summed E-state index contributed by atoms with van der Waals surface area (Å²) in [5.41, 5.74) is 0.450. The van der Waals surface area contributed by atoms with E-state index in [0.717, 1.165) is 25.7 Å². The van der Waals surface area contributed by atoms with E-state index in [1.54, 1.807) is 27.2 Å². The summed E-state index contributed by atoms with van der Waals surface area (Å²) < 4.78 is 43.9. The molecule has 0 atom stereocenters. The molecule has 1 saturated carbocycles. The van der Waals surface area contributed by atoms with Crippen molar-refractivity contribution in [3.63, 3.8) is 0 Å². The fourth-order valence-corrected chi connectivity index (χ4v) is 3.31. The van der Waals surface area contributed by atoms with Crippen molar-refractivity contribution in [1.82, 2.24) is 0 Å². The Bertz CT molecular complexity index is 481. The summed E-state index contributed by atoms with van der Waals surface area (Å²) in [6.07, 6.45) is 3.15. The SMILES string of the molecule is CCOc1ccc(C2CCC(C(OC)OC)CC2)c(F)c1F. The number of rotatable bonds is 6. The standard InChI is InChI=1S/C17H24F2O3/c1-4-22-14-10-9-13(15(18)16(14)19)11-5-7-12(8-6-11)17(20-2)21-3/h9-12,17H,4-8H2,1-3H3. The van der Waals surface area contributed by atoms with Crippen molar-refractivity contribution in [2.75, 3.05) is 20.8 Å². The van der Waals surface area contributed by atoms with Crippen LogP contribution in [-0.4, -0.2) is 27.1 Å². The van der Waals surface area contributed by atoms with Gasteiger partial charge in [0.15, 0.2) is 17.9 Å². The van der Waals surface area contributed by atoms with Gasteiger partial charge >= 0.3 is 0 Å². The van der Waals surface area contributed by atoms with Crippen LogP contribution < -0.4 is 4.74 Å². The van der Waals surface area contributed by atoms with Gasteiger partial charge in [-0.05, 0) is 50.2 Å². The first-order chi connectivity index (χ1) is 10.6. The molecule has 1 aliphatic carbocycles. The van der Waals surface area contributed by atoms with Crippen molar-refractivity contribution in [2.24, 2.45) is 5.92 Å². The summed E-state index contributed by atoms with van der Waals surface area (Å²) in [4.78, 5) is 0. The molecule has 0 amide bonds. The van der Waals surface area contributed by atoms with Crippen LogP contribution in [0.25, 0.3) is 0 Å². The Morgan fingerprint density at radius 2 is 1.68 bits per heavy atom. The van der Waals surface area contributed by atoms with Gasteiger partial charge in [-0.1, -0.05) is 6.07 Å². The summed E-state index contributed by atoms with van der Waals surface area (Å²) in [5.74, 6) is -1.33. The maximum absolute atomic E-state index is 14.3. The molecule has 2 rings (SSSR count). The number of benzene rings is 1. The predicted octanol–water partition coefficient (Wildman–Crippen LogP) is 4.26. The van der Waals surface area contributed by atoms with Crippen LogP contribution in [-0.2, 0) is 9.47 Å². The Kier molecular flexibility index (Phi) is 6.15. The molecule has 0 unspecified atom stereocenters. The highest BCUT2D eigenvalue weighted by atomic mass is 19.2. The average molecular weight is 314 g/mol. The normalized spacial score (nSPS) is 22.1. The molecule has 1 aliphatic rings. The minimum atomic E-state index is -0.881. The van der Waals surface area contributed by atoms with Crippen LogP contribution in [0.5, 0.6) is 5.75 Å². The molecule has 0 heterocycles. The highest BCUT2D eigenvalue weighted by Gasteiger charge is 2.30. The molecule has 3 nitrogen and oxygen atoms in total. The van der Waals surface area contributed by atoms with Gasteiger partial charge in [-0.3, -0.25) is 0 Å². The number of methoxy groups -OCH3 is 2. The molecule has 22 heavy (non-hydrogen) atoms. The summed E-state index contributed by atoms with van der Waals surface area (Å²) >= 11 is 0. The van der Waals surface area contributed by atoms with Crippen LogP contribution in [0, 0.1) is 17.6 Å². The van der Waals surface area contributed by atoms with Gasteiger partial charge in [-0.2, -0.15) is 4.39 Å². The Labute approximate surface area is 130 Å². The van der Waals surface area contributed by atoms with Gasteiger partial charge in [0.05, 0.1) is 6.61 Å². The lowest BCUT2D eigenvalue weighted by Gasteiger charge is -2.32. The van der Waals surface area contributed by atoms with Crippen LogP contribution in [0.4, 0.5) is 8.78 Å². The van der Waals surface area contributed by atoms with E-state index in [9.17, 15) is 8.78 Å². The lowest BCUT2D eigenvalue weighted by atomic mass is 9.78. The third-order valence-electron chi connectivity index (χ3n) is 4.44. The summed E-state index contributed by atoms with van der Waals surface area (Å²) in [7, 11) is 3.25. The van der Waals surface area contributed by atoms with Gasteiger partial charge in [0.2, 0.25) is 5.82 Å². The number of hydrogen-bond acceptors (Lipinski definition) is 3. The number of hydrogen-bond donors (Lipinski definition) is 0. The van der Waals surface area contributed by atoms with Crippen LogP contribution in [0.15, 0.2) is 12.1 Å². The Morgan fingerprint density at radius 3 is 2.23 bits per heavy atom. The van der Waals surface area contributed by atoms with Gasteiger partial charge in [-0.15, -0.1) is 0 Å². The third-order valence-corrected chi connectivity index (χ3v) is 4.44. The van der Waals surface area contributed by atoms with Crippen LogP contribution in [0.2, 0.25) is 0 Å². The van der Waals surface area contributed by atoms with Gasteiger partial charge in [0.1, 0.15) is 0 Å². The molecule has 0 aromatic heterocycles. The first-order valence-electron chi connectivity index (χ1n) is 7.78. The van der Waals surface area contributed by atoms with Crippen LogP contribution in [0.3, 0.4) is 0 Å². The first-order valence-corrected chi connectivity index (χ1v) is 7.78. The maximum Gasteiger partial charge on any atom is 0.200 e. The van der Waals surface area contributed by atoms with Gasteiger partial charge in [-0.25, -0.2) is 4.39 Å². The van der Waals surface area contributed by atoms with E-state index in [-0.39, 0.29) is 18.0 Å². The van der Waals surface area contributed by atoms with Crippen molar-refractivity contribution in [1.29, 1.82) is 0 Å². The molecule has 0 bridgehead atoms. The summed E-state index contributed by atoms with van der Waals surface area (Å²) in [6, 6.07) is 3.18. The zero-order chi connectivity index (χ0) is 16.1. The quantitative estimate of drug-likeness (QED) is 0.734. The van der Waals surface area contributed by atoms with E-state index in [1.807, 2.05) is 0 Å². The van der Waals surface area contributed by atoms with E-state index < -0.39 is 11.6 Å². The Morgan fingerprint density at radius 1 is 1.05 bits per heavy atom. The zero-order valence-electron chi connectivity index (χ0n) is 13.4. The van der Waals surface area contributed by atoms with E-state index in [2.05, 4.69) is 0 Å². The fraction of sp³-hybridized carbons (Fsp3) is 0.647. The maximum atomic E-state index is 14.3. The highest BCUT2D eigenvalue weighted by Crippen LogP contribution is 2.40. The Hall–Kier alpha value is -1.20. The van der Waals surface area contributed by atoms with Crippen LogP contribution in [0.1, 0.15) is 44.1 Å². The second-order valence-corrected chi connectivity index (χ2v) is 5.67. The second kappa shape index (κ2) is 7.88. The molecule has 0 saturated heterocycles. The molecule has 1 aromatic rings. The first kappa shape index (κ1) is 17.2. The molecule has 1 aromatic carbocycles. The zero-order valence-corrected chi connectivity index (χ0v) is 13.4. The van der Waals surface area contributed by atoms with Crippen molar-refractivity contribution >= 4 is 0 Å². The predicted molar refractivity (Wildman–Crippen MR) is 80.0 cm³/mol. The fourth-order valence-electron chi connectivity index (χ4n) is 3.31. The monoisotopic (exact) mass is 314 g/mol. The molecule has 124 valence electrons. The van der Waals surface area contributed by atoms with Crippen LogP contribution >= 0.6 is 0 Å². The molecule has 5 heteroatoms. The van der Waals surface area contributed by atoms with Crippen molar-refractivity contribution < 1.29 is 23.0 Å². The lowest BCUT2D eigenvalue weighted by molar-refractivity contribution is -0.144. The lowest BCUT2D eigenvalue weighted by Crippen LogP contribution is -2.28. The van der Waals surface area contributed by atoms with Crippen molar-refractivity contribution in [3.8, 4) is 5.75 Å². The minimum Gasteiger partial charge on any atom is -0.491 e. The number of halogens is 2. The summed E-state index contributed by atoms with van der Waals surface area (Å²) in [5, 5.41) is 0. The van der Waals surface area contributed by atoms with Gasteiger partial charge in [0, 0.05) is 20.1 Å². The molecule has 0 N–H and O–H groups in total.